The molecule has 94 valence electrons. The van der Waals surface area contributed by atoms with E-state index in [2.05, 4.69) is 10.6 Å². The first-order valence-corrected chi connectivity index (χ1v) is 5.75. The van der Waals surface area contributed by atoms with E-state index in [1.807, 2.05) is 13.8 Å². The van der Waals surface area contributed by atoms with Crippen LogP contribution in [0.4, 0.5) is 0 Å². The third-order valence-electron chi connectivity index (χ3n) is 3.61. The van der Waals surface area contributed by atoms with Crippen LogP contribution in [0.1, 0.15) is 26.7 Å². The molecule has 1 amide bonds. The molecule has 3 unspecified atom stereocenters. The van der Waals surface area contributed by atoms with Crippen LogP contribution < -0.4 is 10.6 Å². The van der Waals surface area contributed by atoms with Gasteiger partial charge in [0.1, 0.15) is 0 Å². The Bertz CT molecular complexity index is 254. The number of rotatable bonds is 2. The molecule has 4 nitrogen and oxygen atoms in total. The fraction of sp³-hybridized carbons (Fsp3) is 0.909. The lowest BCUT2D eigenvalue weighted by molar-refractivity contribution is -0.130. The average Bonchev–Trinajstić information content (AvgIpc) is 2.78. The summed E-state index contributed by atoms with van der Waals surface area (Å²) < 4.78 is 5.43. The van der Waals surface area contributed by atoms with Crippen molar-refractivity contribution >= 4 is 18.3 Å². The van der Waals surface area contributed by atoms with Crippen molar-refractivity contribution in [2.24, 2.45) is 5.41 Å². The number of hydrogen-bond donors (Lipinski definition) is 2. The minimum Gasteiger partial charge on any atom is -0.376 e. The van der Waals surface area contributed by atoms with Crippen molar-refractivity contribution in [3.05, 3.63) is 0 Å². The van der Waals surface area contributed by atoms with Crippen LogP contribution in [0.2, 0.25) is 0 Å². The molecule has 0 aliphatic carbocycles. The van der Waals surface area contributed by atoms with Gasteiger partial charge in [0.25, 0.3) is 0 Å². The Morgan fingerprint density at radius 2 is 2.31 bits per heavy atom. The minimum atomic E-state index is -0.220. The lowest BCUT2D eigenvalue weighted by Gasteiger charge is -2.25. The maximum Gasteiger partial charge on any atom is 0.227 e. The van der Waals surface area contributed by atoms with Crippen molar-refractivity contribution in [3.8, 4) is 0 Å². The predicted octanol–water partition coefficient (Wildman–Crippen LogP) is 0.701. The highest BCUT2D eigenvalue weighted by molar-refractivity contribution is 5.85. The molecule has 2 rings (SSSR count). The number of ether oxygens (including phenoxy) is 1. The van der Waals surface area contributed by atoms with E-state index >= 15 is 0 Å². The maximum absolute atomic E-state index is 12.1. The minimum absolute atomic E-state index is 0. The Labute approximate surface area is 103 Å². The molecule has 0 aromatic rings. The van der Waals surface area contributed by atoms with Crippen molar-refractivity contribution in [1.29, 1.82) is 0 Å². The van der Waals surface area contributed by atoms with E-state index in [1.165, 1.54) is 0 Å². The molecule has 2 fully saturated rings. The first-order valence-electron chi connectivity index (χ1n) is 5.75. The smallest absolute Gasteiger partial charge is 0.227 e. The number of hydrogen-bond acceptors (Lipinski definition) is 3. The van der Waals surface area contributed by atoms with Crippen molar-refractivity contribution in [2.75, 3.05) is 19.7 Å². The molecule has 0 spiro atoms. The van der Waals surface area contributed by atoms with Gasteiger partial charge < -0.3 is 15.4 Å². The first kappa shape index (κ1) is 13.7. The first-order chi connectivity index (χ1) is 7.12. The largest absolute Gasteiger partial charge is 0.376 e. The third-order valence-corrected chi connectivity index (χ3v) is 3.61. The van der Waals surface area contributed by atoms with E-state index in [0.29, 0.717) is 0 Å². The van der Waals surface area contributed by atoms with Crippen LogP contribution in [0.15, 0.2) is 0 Å². The van der Waals surface area contributed by atoms with Gasteiger partial charge in [-0.05, 0) is 33.2 Å². The Kier molecular flexibility index (Phi) is 4.59. The normalized spacial score (nSPS) is 38.1. The zero-order valence-electron chi connectivity index (χ0n) is 9.91. The molecule has 0 radical (unpaired) electrons. The van der Waals surface area contributed by atoms with Gasteiger partial charge in [0.15, 0.2) is 0 Å². The molecule has 2 aliphatic rings. The van der Waals surface area contributed by atoms with Crippen LogP contribution >= 0.6 is 12.4 Å². The average molecular weight is 249 g/mol. The molecule has 0 aromatic heterocycles. The molecular weight excluding hydrogens is 228 g/mol. The quantitative estimate of drug-likeness (QED) is 0.757. The highest BCUT2D eigenvalue weighted by Crippen LogP contribution is 2.25. The van der Waals surface area contributed by atoms with Gasteiger partial charge in [0.05, 0.1) is 17.6 Å². The van der Waals surface area contributed by atoms with Gasteiger partial charge in [-0.3, -0.25) is 4.79 Å². The van der Waals surface area contributed by atoms with Gasteiger partial charge in [-0.2, -0.15) is 0 Å². The van der Waals surface area contributed by atoms with Crippen LogP contribution in [0.5, 0.6) is 0 Å². The second-order valence-corrected chi connectivity index (χ2v) is 4.93. The zero-order valence-corrected chi connectivity index (χ0v) is 10.7. The summed E-state index contributed by atoms with van der Waals surface area (Å²) in [4.78, 5) is 12.1. The van der Waals surface area contributed by atoms with Gasteiger partial charge in [-0.25, -0.2) is 0 Å². The maximum atomic E-state index is 12.1. The highest BCUT2D eigenvalue weighted by atomic mass is 35.5. The summed E-state index contributed by atoms with van der Waals surface area (Å²) in [5.74, 6) is 0.176. The summed E-state index contributed by atoms with van der Waals surface area (Å²) in [6.07, 6.45) is 2.03. The van der Waals surface area contributed by atoms with E-state index in [-0.39, 0.29) is 35.9 Å². The summed E-state index contributed by atoms with van der Waals surface area (Å²) in [5.41, 5.74) is -0.220. The number of nitrogens with one attached hydrogen (secondary N) is 2. The monoisotopic (exact) mass is 248 g/mol. The second-order valence-electron chi connectivity index (χ2n) is 4.93. The third kappa shape index (κ3) is 2.67. The second kappa shape index (κ2) is 5.34. The van der Waals surface area contributed by atoms with Crippen molar-refractivity contribution < 1.29 is 9.53 Å². The summed E-state index contributed by atoms with van der Waals surface area (Å²) in [5, 5.41) is 6.34. The van der Waals surface area contributed by atoms with Crippen molar-refractivity contribution in [3.63, 3.8) is 0 Å². The van der Waals surface area contributed by atoms with Gasteiger partial charge in [-0.1, -0.05) is 0 Å². The Balaban J connectivity index is 0.00000128. The fourth-order valence-corrected chi connectivity index (χ4v) is 2.27. The Morgan fingerprint density at radius 3 is 2.81 bits per heavy atom. The fourth-order valence-electron chi connectivity index (χ4n) is 2.27. The number of carbonyl (C=O) groups is 1. The van der Waals surface area contributed by atoms with E-state index < -0.39 is 0 Å². The molecule has 3 atom stereocenters. The molecule has 0 bridgehead atoms. The predicted molar refractivity (Wildman–Crippen MR) is 64.8 cm³/mol. The topological polar surface area (TPSA) is 50.4 Å². The SMILES string of the molecule is CC1OCCC1NC(=O)C1(C)CCNC1.Cl. The number of carbonyl (C=O) groups excluding carboxylic acids is 1. The summed E-state index contributed by atoms with van der Waals surface area (Å²) >= 11 is 0. The summed E-state index contributed by atoms with van der Waals surface area (Å²) in [6.45, 7) is 6.55. The summed E-state index contributed by atoms with van der Waals surface area (Å²) in [6, 6.07) is 0.204. The van der Waals surface area contributed by atoms with E-state index in [0.717, 1.165) is 32.5 Å². The lowest BCUT2D eigenvalue weighted by atomic mass is 9.88. The van der Waals surface area contributed by atoms with Crippen LogP contribution in [-0.4, -0.2) is 37.7 Å². The highest BCUT2D eigenvalue weighted by Gasteiger charge is 2.38. The summed E-state index contributed by atoms with van der Waals surface area (Å²) in [7, 11) is 0. The molecule has 2 aliphatic heterocycles. The molecule has 5 heteroatoms. The van der Waals surface area contributed by atoms with E-state index in [9.17, 15) is 4.79 Å². The molecule has 2 N–H and O–H groups in total. The van der Waals surface area contributed by atoms with Gasteiger partial charge in [0, 0.05) is 13.2 Å². The van der Waals surface area contributed by atoms with Crippen molar-refractivity contribution in [2.45, 2.75) is 38.8 Å². The Morgan fingerprint density at radius 1 is 1.56 bits per heavy atom. The Hall–Kier alpha value is -0.320. The van der Waals surface area contributed by atoms with E-state index in [4.69, 9.17) is 4.74 Å². The van der Waals surface area contributed by atoms with Crippen molar-refractivity contribution in [1.82, 2.24) is 10.6 Å². The zero-order chi connectivity index (χ0) is 10.9. The van der Waals surface area contributed by atoms with Crippen LogP contribution in [0, 0.1) is 5.41 Å². The molecular formula is C11H21ClN2O2. The van der Waals surface area contributed by atoms with Crippen LogP contribution in [0.25, 0.3) is 0 Å². The van der Waals surface area contributed by atoms with Crippen LogP contribution in [-0.2, 0) is 9.53 Å². The molecule has 0 aromatic carbocycles. The standard InChI is InChI=1S/C11H20N2O2.ClH/c1-8-9(3-6-15-8)13-10(14)11(2)4-5-12-7-11;/h8-9,12H,3-7H2,1-2H3,(H,13,14);1H. The van der Waals surface area contributed by atoms with Gasteiger partial charge in [-0.15, -0.1) is 12.4 Å². The molecule has 16 heavy (non-hydrogen) atoms. The van der Waals surface area contributed by atoms with E-state index in [1.54, 1.807) is 0 Å². The molecule has 2 heterocycles. The lowest BCUT2D eigenvalue weighted by Crippen LogP contribution is -2.47. The van der Waals surface area contributed by atoms with Gasteiger partial charge >= 0.3 is 0 Å². The van der Waals surface area contributed by atoms with Crippen LogP contribution in [0.3, 0.4) is 0 Å². The molecule has 2 saturated heterocycles. The van der Waals surface area contributed by atoms with Gasteiger partial charge in [0.2, 0.25) is 5.91 Å². The number of amides is 1. The number of halogens is 1. The molecule has 0 saturated carbocycles.